The van der Waals surface area contributed by atoms with Crippen molar-refractivity contribution in [3.05, 3.63) is 17.8 Å². The largest absolute Gasteiger partial charge is 0.481 e. The number of hydrogen-bond acceptors (Lipinski definition) is 5. The number of ether oxygens (including phenoxy) is 1. The first-order valence-corrected chi connectivity index (χ1v) is 6.62. The lowest BCUT2D eigenvalue weighted by Crippen LogP contribution is -2.34. The maximum atomic E-state index is 10.9. The molecule has 0 amide bonds. The number of carbonyl (C=O) groups is 1. The van der Waals surface area contributed by atoms with Crippen LogP contribution < -0.4 is 10.1 Å². The maximum Gasteiger partial charge on any atom is 0.304 e. The van der Waals surface area contributed by atoms with Crippen LogP contribution in [0.4, 0.5) is 0 Å². The summed E-state index contributed by atoms with van der Waals surface area (Å²) in [4.78, 5) is 10.9. The zero-order chi connectivity index (χ0) is 15.2. The van der Waals surface area contributed by atoms with Crippen molar-refractivity contribution in [2.75, 3.05) is 7.11 Å². The molecule has 20 heavy (non-hydrogen) atoms. The first-order chi connectivity index (χ1) is 9.30. The van der Waals surface area contributed by atoms with Gasteiger partial charge in [0.2, 0.25) is 5.88 Å². The van der Waals surface area contributed by atoms with Crippen molar-refractivity contribution in [3.8, 4) is 5.88 Å². The van der Waals surface area contributed by atoms with E-state index in [1.54, 1.807) is 6.07 Å². The minimum Gasteiger partial charge on any atom is -0.481 e. The zero-order valence-corrected chi connectivity index (χ0v) is 12.5. The van der Waals surface area contributed by atoms with Gasteiger partial charge in [-0.3, -0.25) is 4.79 Å². The van der Waals surface area contributed by atoms with Gasteiger partial charge in [-0.2, -0.15) is 5.10 Å². The Hall–Kier alpha value is -1.69. The summed E-state index contributed by atoms with van der Waals surface area (Å²) < 4.78 is 4.94. The Morgan fingerprint density at radius 1 is 1.40 bits per heavy atom. The van der Waals surface area contributed by atoms with Crippen LogP contribution in [0.3, 0.4) is 0 Å². The standard InChI is InChI=1S/C14H23N3O3/c1-14(2,3)8-11(7-13(18)19)15-9-10-5-6-12(20-4)17-16-10/h5-6,11,15H,7-9H2,1-4H3,(H,18,19). The lowest BCUT2D eigenvalue weighted by Gasteiger charge is -2.25. The number of nitrogens with one attached hydrogen (secondary N) is 1. The second kappa shape index (κ2) is 7.19. The monoisotopic (exact) mass is 281 g/mol. The number of aromatic nitrogens is 2. The lowest BCUT2D eigenvalue weighted by atomic mass is 9.87. The molecule has 1 aromatic heterocycles. The highest BCUT2D eigenvalue weighted by molar-refractivity contribution is 5.67. The van der Waals surface area contributed by atoms with Gasteiger partial charge in [0.15, 0.2) is 0 Å². The second-order valence-corrected chi connectivity index (χ2v) is 6.01. The number of carboxylic acids is 1. The molecule has 0 spiro atoms. The maximum absolute atomic E-state index is 10.9. The predicted molar refractivity (Wildman–Crippen MR) is 75.5 cm³/mol. The quantitative estimate of drug-likeness (QED) is 0.793. The van der Waals surface area contributed by atoms with E-state index in [0.717, 1.165) is 12.1 Å². The molecule has 1 unspecified atom stereocenters. The van der Waals surface area contributed by atoms with Crippen molar-refractivity contribution in [2.45, 2.75) is 46.2 Å². The van der Waals surface area contributed by atoms with Crippen LogP contribution >= 0.6 is 0 Å². The van der Waals surface area contributed by atoms with Gasteiger partial charge in [-0.25, -0.2) is 0 Å². The van der Waals surface area contributed by atoms with E-state index >= 15 is 0 Å². The molecule has 0 aliphatic carbocycles. The van der Waals surface area contributed by atoms with Crippen molar-refractivity contribution in [2.24, 2.45) is 5.41 Å². The fourth-order valence-corrected chi connectivity index (χ4v) is 1.97. The summed E-state index contributed by atoms with van der Waals surface area (Å²) in [6.07, 6.45) is 0.879. The van der Waals surface area contributed by atoms with E-state index in [9.17, 15) is 4.79 Å². The Labute approximate surface area is 119 Å². The fraction of sp³-hybridized carbons (Fsp3) is 0.643. The van der Waals surface area contributed by atoms with E-state index in [4.69, 9.17) is 9.84 Å². The molecule has 1 rings (SSSR count). The van der Waals surface area contributed by atoms with Crippen molar-refractivity contribution in [1.29, 1.82) is 0 Å². The van der Waals surface area contributed by atoms with Gasteiger partial charge in [0.05, 0.1) is 19.2 Å². The molecular formula is C14H23N3O3. The molecule has 2 N–H and O–H groups in total. The number of aliphatic carboxylic acids is 1. The predicted octanol–water partition coefficient (Wildman–Crippen LogP) is 1.85. The summed E-state index contributed by atoms with van der Waals surface area (Å²) in [6.45, 7) is 6.77. The fourth-order valence-electron chi connectivity index (χ4n) is 1.97. The van der Waals surface area contributed by atoms with Crippen LogP contribution in [0.25, 0.3) is 0 Å². The van der Waals surface area contributed by atoms with E-state index in [1.807, 2.05) is 6.07 Å². The number of hydrogen-bond donors (Lipinski definition) is 2. The van der Waals surface area contributed by atoms with Gasteiger partial charge < -0.3 is 15.2 Å². The molecule has 6 heteroatoms. The average molecular weight is 281 g/mol. The van der Waals surface area contributed by atoms with Crippen LogP contribution in [0.1, 0.15) is 39.3 Å². The van der Waals surface area contributed by atoms with E-state index < -0.39 is 5.97 Å². The number of methoxy groups -OCH3 is 1. The first kappa shape index (κ1) is 16.4. The molecule has 6 nitrogen and oxygen atoms in total. The van der Waals surface area contributed by atoms with Crippen LogP contribution in [0.5, 0.6) is 5.88 Å². The summed E-state index contributed by atoms with van der Waals surface area (Å²) >= 11 is 0. The highest BCUT2D eigenvalue weighted by Gasteiger charge is 2.20. The van der Waals surface area contributed by atoms with Crippen molar-refractivity contribution in [1.82, 2.24) is 15.5 Å². The number of nitrogens with zero attached hydrogens (tertiary/aromatic N) is 2. The third kappa shape index (κ3) is 6.47. The highest BCUT2D eigenvalue weighted by atomic mass is 16.5. The van der Waals surface area contributed by atoms with E-state index in [0.29, 0.717) is 12.4 Å². The summed E-state index contributed by atoms with van der Waals surface area (Å²) in [5.41, 5.74) is 0.828. The Morgan fingerprint density at radius 2 is 2.10 bits per heavy atom. The Bertz CT molecular complexity index is 426. The summed E-state index contributed by atoms with van der Waals surface area (Å²) in [7, 11) is 1.54. The average Bonchev–Trinajstić information content (AvgIpc) is 2.34. The molecule has 0 aliphatic heterocycles. The molecule has 1 aromatic rings. The number of rotatable bonds is 7. The van der Waals surface area contributed by atoms with Crippen LogP contribution in [-0.4, -0.2) is 34.4 Å². The topological polar surface area (TPSA) is 84.3 Å². The van der Waals surface area contributed by atoms with Crippen molar-refractivity contribution in [3.63, 3.8) is 0 Å². The molecule has 0 saturated carbocycles. The minimum absolute atomic E-state index is 0.0682. The molecule has 0 saturated heterocycles. The van der Waals surface area contributed by atoms with Gasteiger partial charge in [-0.15, -0.1) is 5.10 Å². The van der Waals surface area contributed by atoms with Gasteiger partial charge in [0, 0.05) is 18.7 Å². The van der Waals surface area contributed by atoms with Gasteiger partial charge in [-0.05, 0) is 17.9 Å². The first-order valence-electron chi connectivity index (χ1n) is 6.62. The Kier molecular flexibility index (Phi) is 5.88. The summed E-state index contributed by atoms with van der Waals surface area (Å²) in [6, 6.07) is 3.46. The molecule has 1 heterocycles. The second-order valence-electron chi connectivity index (χ2n) is 6.01. The third-order valence-corrected chi connectivity index (χ3v) is 2.76. The van der Waals surface area contributed by atoms with Crippen LogP contribution in [-0.2, 0) is 11.3 Å². The number of carboxylic acid groups (broad SMARTS) is 1. The lowest BCUT2D eigenvalue weighted by molar-refractivity contribution is -0.137. The van der Waals surface area contributed by atoms with E-state index in [1.165, 1.54) is 7.11 Å². The van der Waals surface area contributed by atoms with Crippen LogP contribution in [0.2, 0.25) is 0 Å². The minimum atomic E-state index is -0.799. The molecular weight excluding hydrogens is 258 g/mol. The SMILES string of the molecule is COc1ccc(CNC(CC(=O)O)CC(C)(C)C)nn1. The Balaban J connectivity index is 2.57. The Morgan fingerprint density at radius 3 is 2.55 bits per heavy atom. The van der Waals surface area contributed by atoms with Crippen molar-refractivity contribution >= 4 is 5.97 Å². The van der Waals surface area contributed by atoms with Gasteiger partial charge in [0.1, 0.15) is 0 Å². The molecule has 0 fully saturated rings. The normalized spacial score (nSPS) is 13.0. The van der Waals surface area contributed by atoms with Crippen molar-refractivity contribution < 1.29 is 14.6 Å². The smallest absolute Gasteiger partial charge is 0.304 e. The van der Waals surface area contributed by atoms with Crippen LogP contribution in [0.15, 0.2) is 12.1 Å². The third-order valence-electron chi connectivity index (χ3n) is 2.76. The highest BCUT2D eigenvalue weighted by Crippen LogP contribution is 2.22. The van der Waals surface area contributed by atoms with Gasteiger partial charge in [0.25, 0.3) is 0 Å². The molecule has 0 radical (unpaired) electrons. The summed E-state index contributed by atoms with van der Waals surface area (Å²) in [5.74, 6) is -0.335. The van der Waals surface area contributed by atoms with Gasteiger partial charge >= 0.3 is 5.97 Å². The van der Waals surface area contributed by atoms with Crippen LogP contribution in [0, 0.1) is 5.41 Å². The molecule has 0 aliphatic rings. The molecule has 0 aromatic carbocycles. The molecule has 112 valence electrons. The molecule has 1 atom stereocenters. The van der Waals surface area contributed by atoms with E-state index in [-0.39, 0.29) is 17.9 Å². The zero-order valence-electron chi connectivity index (χ0n) is 12.5. The molecule has 0 bridgehead atoms. The van der Waals surface area contributed by atoms with Gasteiger partial charge in [-0.1, -0.05) is 20.8 Å². The summed E-state index contributed by atoms with van der Waals surface area (Å²) in [5, 5.41) is 20.1. The van der Waals surface area contributed by atoms with E-state index in [2.05, 4.69) is 36.3 Å².